The van der Waals surface area contributed by atoms with E-state index < -0.39 is 59.8 Å². The zero-order valence-corrected chi connectivity index (χ0v) is 34.5. The Morgan fingerprint density at radius 2 is 1.18 bits per heavy atom. The lowest BCUT2D eigenvalue weighted by Crippen LogP contribution is -2.60. The second kappa shape index (κ2) is 34.3. The lowest BCUT2D eigenvalue weighted by Gasteiger charge is -2.41. The van der Waals surface area contributed by atoms with Gasteiger partial charge in [-0.15, -0.1) is 0 Å². The van der Waals surface area contributed by atoms with E-state index in [1.807, 2.05) is 0 Å². The van der Waals surface area contributed by atoms with Gasteiger partial charge in [0.2, 0.25) is 0 Å². The summed E-state index contributed by atoms with van der Waals surface area (Å²) in [4.78, 5) is 12.8. The molecule has 0 spiro atoms. The van der Waals surface area contributed by atoms with E-state index in [0.717, 1.165) is 89.9 Å². The van der Waals surface area contributed by atoms with E-state index >= 15 is 0 Å². The normalized spacial score (nSPS) is 21.7. The van der Waals surface area contributed by atoms with Gasteiger partial charge in [0.15, 0.2) is 6.29 Å². The van der Waals surface area contributed by atoms with Crippen LogP contribution in [0.25, 0.3) is 0 Å². The molecule has 1 aliphatic heterocycles. The maximum atomic E-state index is 12.8. The van der Waals surface area contributed by atoms with Crippen molar-refractivity contribution in [2.45, 2.75) is 153 Å². The summed E-state index contributed by atoms with van der Waals surface area (Å²) >= 11 is 0. The summed E-state index contributed by atoms with van der Waals surface area (Å²) in [6, 6.07) is 0. The summed E-state index contributed by atoms with van der Waals surface area (Å²) in [5, 5.41) is 30.6. The number of aliphatic hydroxyl groups excluding tert-OH is 3. The molecule has 0 amide bonds. The number of unbranched alkanes of at least 4 members (excludes halogenated alkanes) is 6. The van der Waals surface area contributed by atoms with Crippen LogP contribution in [0.5, 0.6) is 0 Å². The number of allylic oxidation sites excluding steroid dienone is 14. The third-order valence-corrected chi connectivity index (χ3v) is 8.98. The molecule has 56 heavy (non-hydrogen) atoms. The SMILES string of the molecule is CC/C=C\C/C=C\C/C=C\C/C=C\CCCCC(=O)OC(COCCCCCC/C=C\C/C=C\C/C=C\CC)COC1OC(CO)C(O)C(OS(=O)(=O)O)C1O. The van der Waals surface area contributed by atoms with Gasteiger partial charge < -0.3 is 34.3 Å². The highest BCUT2D eigenvalue weighted by atomic mass is 32.3. The van der Waals surface area contributed by atoms with Crippen LogP contribution < -0.4 is 0 Å². The highest BCUT2D eigenvalue weighted by molar-refractivity contribution is 7.80. The predicted molar refractivity (Wildman–Crippen MR) is 220 cm³/mol. The third-order valence-electron chi connectivity index (χ3n) is 8.51. The Balaban J connectivity index is 2.55. The first kappa shape index (κ1) is 51.3. The molecule has 1 fully saturated rings. The lowest BCUT2D eigenvalue weighted by molar-refractivity contribution is -0.301. The van der Waals surface area contributed by atoms with Crippen molar-refractivity contribution >= 4 is 16.4 Å². The van der Waals surface area contributed by atoms with Gasteiger partial charge in [-0.25, -0.2) is 4.18 Å². The Morgan fingerprint density at radius 1 is 0.679 bits per heavy atom. The molecule has 1 aliphatic rings. The molecule has 0 radical (unpaired) electrons. The molecule has 1 rings (SSSR count). The maximum absolute atomic E-state index is 12.8. The molecule has 0 aromatic carbocycles. The zero-order valence-electron chi connectivity index (χ0n) is 33.7. The van der Waals surface area contributed by atoms with E-state index in [2.05, 4.69) is 103 Å². The van der Waals surface area contributed by atoms with Gasteiger partial charge in [0, 0.05) is 13.0 Å². The van der Waals surface area contributed by atoms with Gasteiger partial charge in [-0.3, -0.25) is 9.35 Å². The average molecular weight is 811 g/mol. The van der Waals surface area contributed by atoms with Crippen molar-refractivity contribution in [3.05, 3.63) is 85.1 Å². The molecule has 0 bridgehead atoms. The molecule has 320 valence electrons. The number of ether oxygens (including phenoxy) is 4. The van der Waals surface area contributed by atoms with Gasteiger partial charge in [0.25, 0.3) is 0 Å². The van der Waals surface area contributed by atoms with Crippen LogP contribution in [0.1, 0.15) is 117 Å². The van der Waals surface area contributed by atoms with Crippen LogP contribution in [0.2, 0.25) is 0 Å². The number of hydrogen-bond acceptors (Lipinski definition) is 11. The number of aliphatic hydroxyl groups is 3. The van der Waals surface area contributed by atoms with E-state index in [4.69, 9.17) is 23.5 Å². The van der Waals surface area contributed by atoms with Gasteiger partial charge in [0.1, 0.15) is 30.5 Å². The highest BCUT2D eigenvalue weighted by Crippen LogP contribution is 2.26. The summed E-state index contributed by atoms with van der Waals surface area (Å²) in [6.07, 6.45) is 34.8. The lowest BCUT2D eigenvalue weighted by atomic mass is 9.99. The highest BCUT2D eigenvalue weighted by Gasteiger charge is 2.48. The van der Waals surface area contributed by atoms with Crippen LogP contribution >= 0.6 is 0 Å². The van der Waals surface area contributed by atoms with Crippen molar-refractivity contribution in [2.75, 3.05) is 26.4 Å². The molecule has 0 aromatic rings. The van der Waals surface area contributed by atoms with Gasteiger partial charge >= 0.3 is 16.4 Å². The Kier molecular flexibility index (Phi) is 31.4. The number of hydrogen-bond donors (Lipinski definition) is 4. The second-order valence-electron chi connectivity index (χ2n) is 13.5. The van der Waals surface area contributed by atoms with Gasteiger partial charge in [-0.2, -0.15) is 8.42 Å². The molecular formula is C43H70O12S. The van der Waals surface area contributed by atoms with Crippen LogP contribution in [0.3, 0.4) is 0 Å². The smallest absolute Gasteiger partial charge is 0.397 e. The quantitative estimate of drug-likeness (QED) is 0.0220. The Hall–Kier alpha value is -2.72. The summed E-state index contributed by atoms with van der Waals surface area (Å²) in [5.74, 6) is -0.453. The fourth-order valence-electron chi connectivity index (χ4n) is 5.50. The van der Waals surface area contributed by atoms with Gasteiger partial charge in [-0.1, -0.05) is 112 Å². The molecule has 0 saturated carbocycles. The molecular weight excluding hydrogens is 741 g/mol. The van der Waals surface area contributed by atoms with Crippen molar-refractivity contribution in [1.29, 1.82) is 0 Å². The fourth-order valence-corrected chi connectivity index (χ4v) is 6.01. The van der Waals surface area contributed by atoms with Crippen molar-refractivity contribution in [3.63, 3.8) is 0 Å². The first-order valence-electron chi connectivity index (χ1n) is 20.3. The monoisotopic (exact) mass is 810 g/mol. The van der Waals surface area contributed by atoms with Gasteiger partial charge in [0.05, 0.1) is 19.8 Å². The summed E-state index contributed by atoms with van der Waals surface area (Å²) < 4.78 is 58.8. The Labute approximate surface area is 336 Å². The molecule has 0 aliphatic carbocycles. The Morgan fingerprint density at radius 3 is 1.70 bits per heavy atom. The van der Waals surface area contributed by atoms with Crippen LogP contribution in [0, 0.1) is 0 Å². The van der Waals surface area contributed by atoms with E-state index in [9.17, 15) is 28.5 Å². The summed E-state index contributed by atoms with van der Waals surface area (Å²) in [6.45, 7) is 3.61. The largest absolute Gasteiger partial charge is 0.457 e. The molecule has 4 N–H and O–H groups in total. The van der Waals surface area contributed by atoms with Crippen molar-refractivity contribution < 1.29 is 56.2 Å². The van der Waals surface area contributed by atoms with E-state index in [0.29, 0.717) is 13.0 Å². The Bertz CT molecular complexity index is 1300. The topological polar surface area (TPSA) is 178 Å². The van der Waals surface area contributed by atoms with Crippen molar-refractivity contribution in [3.8, 4) is 0 Å². The van der Waals surface area contributed by atoms with Gasteiger partial charge in [-0.05, 0) is 83.5 Å². The number of rotatable bonds is 33. The first-order chi connectivity index (χ1) is 27.1. The van der Waals surface area contributed by atoms with Crippen LogP contribution in [0.4, 0.5) is 0 Å². The molecule has 0 aromatic heterocycles. The van der Waals surface area contributed by atoms with E-state index in [1.165, 1.54) is 0 Å². The summed E-state index contributed by atoms with van der Waals surface area (Å²) in [5.41, 5.74) is 0. The van der Waals surface area contributed by atoms with E-state index in [1.54, 1.807) is 0 Å². The molecule has 6 atom stereocenters. The van der Waals surface area contributed by atoms with Crippen LogP contribution in [-0.4, -0.2) is 97.5 Å². The molecule has 1 heterocycles. The number of carbonyl (C=O) groups is 1. The van der Waals surface area contributed by atoms with Crippen LogP contribution in [-0.2, 0) is 38.3 Å². The van der Waals surface area contributed by atoms with E-state index in [-0.39, 0.29) is 19.6 Å². The van der Waals surface area contributed by atoms with Crippen molar-refractivity contribution in [2.24, 2.45) is 0 Å². The maximum Gasteiger partial charge on any atom is 0.397 e. The molecule has 12 nitrogen and oxygen atoms in total. The average Bonchev–Trinajstić information content (AvgIpc) is 3.17. The predicted octanol–water partition coefficient (Wildman–Crippen LogP) is 7.73. The second-order valence-corrected chi connectivity index (χ2v) is 14.5. The minimum absolute atomic E-state index is 0.00198. The molecule has 1 saturated heterocycles. The molecule has 6 unspecified atom stereocenters. The third kappa shape index (κ3) is 27.8. The minimum Gasteiger partial charge on any atom is -0.457 e. The minimum atomic E-state index is -5.07. The van der Waals surface area contributed by atoms with Crippen LogP contribution in [0.15, 0.2) is 85.1 Å². The standard InChI is InChI=1S/C43H70O12S/c1-3-5-7-9-11-13-15-17-19-20-22-24-26-28-30-32-39(45)53-37(35-51-33-31-29-27-25-23-21-18-16-14-12-10-8-6-4-2)36-52-43-41(47)42(55-56(48,49)50)40(46)38(34-44)54-43/h5-8,11-14,17-19,21-22,24,37-38,40-44,46-47H,3-4,9-10,15-16,20,23,25-36H2,1-2H3,(H,48,49,50)/b7-5-,8-6-,13-11-,14-12-,19-17-,21-18-,24-22-. The zero-order chi connectivity index (χ0) is 41.1. The first-order valence-corrected chi connectivity index (χ1v) is 21.7. The summed E-state index contributed by atoms with van der Waals surface area (Å²) in [7, 11) is -5.07. The number of carbonyl (C=O) groups excluding carboxylic acids is 1. The molecule has 13 heteroatoms. The number of esters is 1. The fraction of sp³-hybridized carbons (Fsp3) is 0.651. The van der Waals surface area contributed by atoms with Crippen molar-refractivity contribution in [1.82, 2.24) is 0 Å².